The number of alkyl halides is 4. The third kappa shape index (κ3) is 8.07. The average molecular weight is 470 g/mol. The lowest BCUT2D eigenvalue weighted by molar-refractivity contribution is -0.173. The summed E-state index contributed by atoms with van der Waals surface area (Å²) in [6.45, 7) is 10.1. The average Bonchev–Trinajstić information content (AvgIpc) is 2.91. The van der Waals surface area contributed by atoms with Crippen LogP contribution >= 0.6 is 11.8 Å². The fraction of sp³-hybridized carbons (Fsp3) is 0.833. The Balaban J connectivity index is 2.68. The van der Waals surface area contributed by atoms with E-state index in [1.165, 1.54) is 19.0 Å². The number of carbonyl (C=O) groups is 1. The van der Waals surface area contributed by atoms with E-state index in [1.54, 1.807) is 5.32 Å². The molecule has 1 N–H and O–H groups in total. The van der Waals surface area contributed by atoms with Crippen LogP contribution in [-0.4, -0.2) is 77.4 Å². The van der Waals surface area contributed by atoms with Gasteiger partial charge in [-0.25, -0.2) is 4.39 Å². The molecular formula is C18H29BF4NO4SSi. The van der Waals surface area contributed by atoms with E-state index in [0.29, 0.717) is 0 Å². The highest BCUT2D eigenvalue weighted by Crippen LogP contribution is 2.37. The molecule has 0 aromatic heterocycles. The van der Waals surface area contributed by atoms with Crippen LogP contribution in [0.5, 0.6) is 0 Å². The van der Waals surface area contributed by atoms with Gasteiger partial charge in [-0.2, -0.15) is 19.0 Å². The van der Waals surface area contributed by atoms with Crippen LogP contribution in [0.2, 0.25) is 18.1 Å². The molecule has 0 aliphatic carbocycles. The summed E-state index contributed by atoms with van der Waals surface area (Å²) < 4.78 is 68.7. The van der Waals surface area contributed by atoms with Crippen molar-refractivity contribution < 1.29 is 36.3 Å². The first kappa shape index (κ1) is 27.3. The fourth-order valence-electron chi connectivity index (χ4n) is 2.28. The van der Waals surface area contributed by atoms with Gasteiger partial charge in [0.05, 0.1) is 25.1 Å². The normalized spacial score (nSPS) is 24.9. The van der Waals surface area contributed by atoms with E-state index >= 15 is 0 Å². The van der Waals surface area contributed by atoms with E-state index in [1.807, 2.05) is 6.26 Å². The van der Waals surface area contributed by atoms with E-state index in [0.717, 1.165) is 0 Å². The SMILES string of the molecule is CSCOC1C(CO[Si](C)(C)C(C)(C)C)O[C@@H]([B]C#CCNC(=O)C(F)(F)F)C1F. The Morgan fingerprint density at radius 1 is 1.30 bits per heavy atom. The lowest BCUT2D eigenvalue weighted by Gasteiger charge is -2.37. The molecule has 5 nitrogen and oxygen atoms in total. The van der Waals surface area contributed by atoms with Crippen LogP contribution in [0.4, 0.5) is 17.6 Å². The predicted octanol–water partition coefficient (Wildman–Crippen LogP) is 3.12. The molecule has 0 spiro atoms. The number of hydrogen-bond donors (Lipinski definition) is 1. The van der Waals surface area contributed by atoms with Crippen LogP contribution in [0.1, 0.15) is 20.8 Å². The largest absolute Gasteiger partial charge is 0.471 e. The van der Waals surface area contributed by atoms with Crippen molar-refractivity contribution in [3.63, 3.8) is 0 Å². The van der Waals surface area contributed by atoms with Crippen molar-refractivity contribution >= 4 is 33.3 Å². The molecule has 1 aliphatic heterocycles. The van der Waals surface area contributed by atoms with Gasteiger partial charge in [-0.15, -0.1) is 11.8 Å². The van der Waals surface area contributed by atoms with Gasteiger partial charge in [-0.3, -0.25) is 4.79 Å². The second kappa shape index (κ2) is 11.2. The van der Waals surface area contributed by atoms with Crippen LogP contribution < -0.4 is 5.32 Å². The molecule has 0 aromatic rings. The summed E-state index contributed by atoms with van der Waals surface area (Å²) in [5.74, 6) is 2.98. The van der Waals surface area contributed by atoms with Crippen LogP contribution in [0, 0.1) is 11.7 Å². The van der Waals surface area contributed by atoms with Gasteiger partial charge >= 0.3 is 12.1 Å². The third-order valence-corrected chi connectivity index (χ3v) is 9.94. The van der Waals surface area contributed by atoms with Gasteiger partial charge in [0.2, 0.25) is 0 Å². The molecule has 171 valence electrons. The summed E-state index contributed by atoms with van der Waals surface area (Å²) in [6.07, 6.45) is -6.11. The fourth-order valence-corrected chi connectivity index (χ4v) is 3.59. The van der Waals surface area contributed by atoms with Gasteiger partial charge in [0, 0.05) is 0 Å². The predicted molar refractivity (Wildman–Crippen MR) is 113 cm³/mol. The number of thioether (sulfide) groups is 1. The monoisotopic (exact) mass is 470 g/mol. The first-order valence-electron chi connectivity index (χ1n) is 9.41. The Bertz CT molecular complexity index is 636. The number of halogens is 4. The molecule has 3 unspecified atom stereocenters. The zero-order valence-corrected chi connectivity index (χ0v) is 19.9. The van der Waals surface area contributed by atoms with E-state index in [4.69, 9.17) is 13.9 Å². The maximum absolute atomic E-state index is 14.9. The first-order valence-corrected chi connectivity index (χ1v) is 13.7. The Morgan fingerprint density at radius 2 is 1.93 bits per heavy atom. The number of carbonyl (C=O) groups excluding carboxylic acids is 1. The standard InChI is InChI=1S/C18H29BF4NO4SSi/c1-17(2,3)30(5,6)27-10-12-14(26-11-29-4)13(20)15(28-12)19-8-7-9-24-16(25)18(21,22)23/h12-15H,9-11H2,1-6H3,(H,24,25)/t12?,13?,14?,15-/m1/s1. The van der Waals surface area contributed by atoms with Crippen LogP contribution in [0.25, 0.3) is 0 Å². The first-order chi connectivity index (χ1) is 13.7. The Hall–Kier alpha value is -0.738. The molecule has 0 saturated carbocycles. The molecule has 0 bridgehead atoms. The molecule has 1 amide bonds. The molecule has 1 saturated heterocycles. The van der Waals surface area contributed by atoms with Crippen molar-refractivity contribution in [2.45, 2.75) is 69.5 Å². The van der Waals surface area contributed by atoms with Gasteiger partial charge in [0.15, 0.2) is 8.32 Å². The van der Waals surface area contributed by atoms with Crippen molar-refractivity contribution in [1.29, 1.82) is 0 Å². The lowest BCUT2D eigenvalue weighted by Crippen LogP contribution is -2.44. The zero-order chi connectivity index (χ0) is 23.2. The molecule has 1 heterocycles. The van der Waals surface area contributed by atoms with Crippen molar-refractivity contribution in [2.75, 3.05) is 25.3 Å². The molecule has 1 radical (unpaired) electrons. The summed E-state index contributed by atoms with van der Waals surface area (Å²) in [7, 11) is -0.845. The van der Waals surface area contributed by atoms with E-state index in [2.05, 4.69) is 45.6 Å². The summed E-state index contributed by atoms with van der Waals surface area (Å²) in [5, 5.41) is 1.60. The minimum Gasteiger partial charge on any atom is -0.414 e. The van der Waals surface area contributed by atoms with Gasteiger partial charge in [0.1, 0.15) is 18.4 Å². The molecule has 0 aromatic carbocycles. The molecule has 1 aliphatic rings. The second-order valence-corrected chi connectivity index (χ2v) is 14.0. The number of hydrogen-bond acceptors (Lipinski definition) is 5. The third-order valence-electron chi connectivity index (χ3n) is 5.06. The summed E-state index contributed by atoms with van der Waals surface area (Å²) >= 11 is 1.40. The zero-order valence-electron chi connectivity index (χ0n) is 18.1. The maximum atomic E-state index is 14.9. The van der Waals surface area contributed by atoms with Crippen LogP contribution in [-0.2, 0) is 18.7 Å². The molecule has 1 rings (SSSR count). The second-order valence-electron chi connectivity index (χ2n) is 8.36. The summed E-state index contributed by atoms with van der Waals surface area (Å²) in [5.41, 5.74) is 0. The number of ether oxygens (including phenoxy) is 2. The van der Waals surface area contributed by atoms with E-state index < -0.39 is 51.3 Å². The molecular weight excluding hydrogens is 441 g/mol. The Morgan fingerprint density at radius 3 is 2.47 bits per heavy atom. The maximum Gasteiger partial charge on any atom is 0.471 e. The highest BCUT2D eigenvalue weighted by molar-refractivity contribution is 7.98. The summed E-state index contributed by atoms with van der Waals surface area (Å²) in [6, 6.07) is -1.00. The Kier molecular flexibility index (Phi) is 10.2. The molecule has 4 atom stereocenters. The lowest BCUT2D eigenvalue weighted by atomic mass is 9.70. The smallest absolute Gasteiger partial charge is 0.414 e. The van der Waals surface area contributed by atoms with Crippen LogP contribution in [0.15, 0.2) is 0 Å². The minimum absolute atomic E-state index is 0.0196. The minimum atomic E-state index is -4.97. The van der Waals surface area contributed by atoms with Crippen molar-refractivity contribution in [3.05, 3.63) is 0 Å². The van der Waals surface area contributed by atoms with Crippen molar-refractivity contribution in [3.8, 4) is 11.7 Å². The molecule has 12 heteroatoms. The highest BCUT2D eigenvalue weighted by Gasteiger charge is 2.47. The quantitative estimate of drug-likeness (QED) is 0.256. The van der Waals surface area contributed by atoms with E-state index in [9.17, 15) is 22.4 Å². The molecule has 1 fully saturated rings. The number of rotatable bonds is 8. The van der Waals surface area contributed by atoms with Crippen molar-refractivity contribution in [2.24, 2.45) is 0 Å². The number of amides is 1. The van der Waals surface area contributed by atoms with Gasteiger partial charge < -0.3 is 19.2 Å². The van der Waals surface area contributed by atoms with E-state index in [-0.39, 0.29) is 17.6 Å². The topological polar surface area (TPSA) is 56.8 Å². The van der Waals surface area contributed by atoms with Gasteiger partial charge in [-0.05, 0) is 24.4 Å². The van der Waals surface area contributed by atoms with Gasteiger partial charge in [-0.1, -0.05) is 26.7 Å². The molecule has 30 heavy (non-hydrogen) atoms. The number of nitrogens with one attached hydrogen (secondary N) is 1. The highest BCUT2D eigenvalue weighted by atomic mass is 32.2. The van der Waals surface area contributed by atoms with Crippen LogP contribution in [0.3, 0.4) is 0 Å². The Labute approximate surface area is 181 Å². The summed E-state index contributed by atoms with van der Waals surface area (Å²) in [4.78, 5) is 10.7. The van der Waals surface area contributed by atoms with Gasteiger partial charge in [0.25, 0.3) is 7.28 Å². The van der Waals surface area contributed by atoms with Crippen molar-refractivity contribution in [1.82, 2.24) is 5.32 Å².